The summed E-state index contributed by atoms with van der Waals surface area (Å²) in [7, 11) is 0. The molecule has 6 aromatic rings. The number of likely N-dealkylation sites (tertiary alicyclic amines) is 1. The van der Waals surface area contributed by atoms with Gasteiger partial charge in [0.15, 0.2) is 0 Å². The smallest absolute Gasteiger partial charge is 0.416 e. The predicted octanol–water partition coefficient (Wildman–Crippen LogP) is 10.6. The number of hydrogen-bond acceptors (Lipinski definition) is 8. The molecular weight excluding hydrogens is 1010 g/mol. The molecule has 412 valence electrons. The molecule has 0 aliphatic carbocycles. The minimum absolute atomic E-state index is 0.0437. The van der Waals surface area contributed by atoms with Gasteiger partial charge in [0, 0.05) is 55.1 Å². The standard InChI is InChI=1S/C60H66F4N6O8/c1-33(2)22-50(69-21-20-43(26-53(69)72)60(62,63)64)58(77)67-49(28-55(75)76)42-25-47(38(8)65-29-42)45-16-11-17-46(37(45)7)57(68-31-44(61)32-68)41-18-19-52(71)70(30-41)51(23-34(3)4)59(78)66-48(27-54(73)74)39-14-10-15-40(24-39)56-35(5)12-9-13-36(56)6/h9-21,24-26,29-30,33-34,44,48-51,57H,22-23,27-28,31-32H2,1-8H3,(H,66,78)(H,67,77)(H,73,74)(H,75,76)/t48-,49-,50-,51-,57?/m0/s1. The van der Waals surface area contributed by atoms with Crippen molar-refractivity contribution in [2.75, 3.05) is 13.1 Å². The topological polar surface area (TPSA) is 193 Å². The number of aryl methyl sites for hydroxylation is 3. The second kappa shape index (κ2) is 24.3. The Morgan fingerprint density at radius 1 is 0.679 bits per heavy atom. The van der Waals surface area contributed by atoms with Crippen LogP contribution >= 0.6 is 0 Å². The van der Waals surface area contributed by atoms with E-state index in [1.165, 1.54) is 16.8 Å². The molecule has 4 N–H and O–H groups in total. The molecule has 4 heterocycles. The Morgan fingerprint density at radius 3 is 1.82 bits per heavy atom. The number of pyridine rings is 3. The number of nitrogens with zero attached hydrogens (tertiary/aromatic N) is 4. The zero-order valence-corrected chi connectivity index (χ0v) is 44.9. The van der Waals surface area contributed by atoms with E-state index in [-0.39, 0.29) is 37.8 Å². The number of halogens is 4. The van der Waals surface area contributed by atoms with Crippen LogP contribution in [0.25, 0.3) is 22.3 Å². The van der Waals surface area contributed by atoms with E-state index in [9.17, 15) is 56.5 Å². The van der Waals surface area contributed by atoms with Crippen molar-refractivity contribution in [3.8, 4) is 22.3 Å². The summed E-state index contributed by atoms with van der Waals surface area (Å²) in [5.41, 5.74) is 5.86. The highest BCUT2D eigenvalue weighted by molar-refractivity contribution is 5.83. The quantitative estimate of drug-likeness (QED) is 0.0504. The minimum Gasteiger partial charge on any atom is -0.481 e. The molecule has 1 saturated heterocycles. The highest BCUT2D eigenvalue weighted by atomic mass is 19.4. The van der Waals surface area contributed by atoms with Crippen molar-refractivity contribution >= 4 is 23.8 Å². The van der Waals surface area contributed by atoms with Crippen molar-refractivity contribution in [3.63, 3.8) is 0 Å². The molecule has 0 radical (unpaired) electrons. The van der Waals surface area contributed by atoms with E-state index in [4.69, 9.17) is 0 Å². The summed E-state index contributed by atoms with van der Waals surface area (Å²) in [6.07, 6.45) is -2.76. The highest BCUT2D eigenvalue weighted by Gasteiger charge is 2.37. The first-order chi connectivity index (χ1) is 36.8. The molecule has 1 unspecified atom stereocenters. The fourth-order valence-electron chi connectivity index (χ4n) is 10.5. The third-order valence-corrected chi connectivity index (χ3v) is 14.4. The van der Waals surface area contributed by atoms with Gasteiger partial charge in [-0.1, -0.05) is 88.4 Å². The number of aliphatic carboxylic acids is 2. The van der Waals surface area contributed by atoms with Gasteiger partial charge in [0.1, 0.15) is 18.3 Å². The average molecular weight is 1080 g/mol. The van der Waals surface area contributed by atoms with Crippen molar-refractivity contribution in [2.24, 2.45) is 11.8 Å². The second-order valence-electron chi connectivity index (χ2n) is 21.2. The number of alkyl halides is 4. The maximum absolute atomic E-state index is 14.9. The van der Waals surface area contributed by atoms with Crippen molar-refractivity contribution in [3.05, 3.63) is 180 Å². The third kappa shape index (κ3) is 13.5. The van der Waals surface area contributed by atoms with Gasteiger partial charge in [0.2, 0.25) is 11.8 Å². The Morgan fingerprint density at radius 2 is 1.26 bits per heavy atom. The first-order valence-electron chi connectivity index (χ1n) is 26.0. The molecule has 3 aromatic heterocycles. The summed E-state index contributed by atoms with van der Waals surface area (Å²) in [6.45, 7) is 15.1. The van der Waals surface area contributed by atoms with Crippen LogP contribution in [0.5, 0.6) is 0 Å². The van der Waals surface area contributed by atoms with E-state index in [1.807, 2.05) is 88.0 Å². The maximum atomic E-state index is 14.9. The molecule has 1 fully saturated rings. The fraction of sp³-hybridized carbons (Fsp3) is 0.383. The SMILES string of the molecule is Cc1cccc(C)c1-c1cccc([C@H](CC(=O)O)NC(=O)[C@H](CC(C)C)n2cc(C(c3cccc(-c4cc([C@H](CC(=O)O)NC(=O)[C@H](CC(C)C)n5ccc(C(F)(F)F)cc5=O)cnc4C)c3C)N3CC(F)C3)ccc2=O)c1. The first-order valence-corrected chi connectivity index (χ1v) is 26.0. The van der Waals surface area contributed by atoms with E-state index < -0.39 is 95.8 Å². The number of carboxylic acid groups (broad SMARTS) is 2. The van der Waals surface area contributed by atoms with Crippen LogP contribution < -0.4 is 21.8 Å². The Bertz CT molecular complexity index is 3310. The molecule has 14 nitrogen and oxygen atoms in total. The minimum atomic E-state index is -4.79. The Balaban J connectivity index is 1.24. The Kier molecular flexibility index (Phi) is 18.1. The van der Waals surface area contributed by atoms with Crippen molar-refractivity contribution in [1.29, 1.82) is 0 Å². The summed E-state index contributed by atoms with van der Waals surface area (Å²) >= 11 is 0. The average Bonchev–Trinajstić information content (AvgIpc) is 3.35. The number of amides is 2. The van der Waals surface area contributed by atoms with Gasteiger partial charge >= 0.3 is 18.1 Å². The Hall–Kier alpha value is -7.73. The molecule has 0 saturated carbocycles. The van der Waals surface area contributed by atoms with E-state index in [2.05, 4.69) is 15.6 Å². The molecule has 5 atom stereocenters. The van der Waals surface area contributed by atoms with Gasteiger partial charge in [-0.25, -0.2) is 4.39 Å². The van der Waals surface area contributed by atoms with Crippen LogP contribution in [0.2, 0.25) is 0 Å². The van der Waals surface area contributed by atoms with E-state index in [0.717, 1.165) is 44.1 Å². The van der Waals surface area contributed by atoms with E-state index >= 15 is 0 Å². The van der Waals surface area contributed by atoms with Gasteiger partial charge in [0.25, 0.3) is 11.1 Å². The van der Waals surface area contributed by atoms with Crippen molar-refractivity contribution in [1.82, 2.24) is 29.7 Å². The lowest BCUT2D eigenvalue weighted by molar-refractivity contribution is -0.139. The molecule has 0 spiro atoms. The van der Waals surface area contributed by atoms with E-state index in [1.54, 1.807) is 51.2 Å². The normalized spacial score (nSPS) is 15.1. The molecule has 2 amide bonds. The molecule has 7 rings (SSSR count). The zero-order chi connectivity index (χ0) is 56.9. The lowest BCUT2D eigenvalue weighted by atomic mass is 9.87. The molecule has 18 heteroatoms. The number of rotatable bonds is 21. The predicted molar refractivity (Wildman–Crippen MR) is 288 cm³/mol. The van der Waals surface area contributed by atoms with Crippen LogP contribution in [0.4, 0.5) is 17.6 Å². The van der Waals surface area contributed by atoms with Crippen LogP contribution in [-0.4, -0.2) is 72.2 Å². The highest BCUT2D eigenvalue weighted by Crippen LogP contribution is 2.40. The fourth-order valence-corrected chi connectivity index (χ4v) is 10.5. The van der Waals surface area contributed by atoms with Crippen LogP contribution in [0, 0.1) is 39.5 Å². The largest absolute Gasteiger partial charge is 0.481 e. The summed E-state index contributed by atoms with van der Waals surface area (Å²) in [5.74, 6) is -4.05. The number of carbonyl (C=O) groups excluding carboxylic acids is 2. The number of carbonyl (C=O) groups is 4. The lowest BCUT2D eigenvalue weighted by Gasteiger charge is -2.42. The number of aromatic nitrogens is 3. The van der Waals surface area contributed by atoms with Crippen LogP contribution in [-0.2, 0) is 25.4 Å². The number of carboxylic acids is 2. The van der Waals surface area contributed by atoms with Crippen molar-refractivity contribution < 1.29 is 47.0 Å². The number of nitrogens with one attached hydrogen (secondary N) is 2. The maximum Gasteiger partial charge on any atom is 0.416 e. The van der Waals surface area contributed by atoms with Gasteiger partial charge in [0.05, 0.1) is 36.5 Å². The molecule has 0 bridgehead atoms. The third-order valence-electron chi connectivity index (χ3n) is 14.4. The van der Waals surface area contributed by atoms with Gasteiger partial charge in [-0.2, -0.15) is 13.2 Å². The van der Waals surface area contributed by atoms with Gasteiger partial charge in [-0.3, -0.25) is 38.7 Å². The summed E-state index contributed by atoms with van der Waals surface area (Å²) in [5, 5.41) is 25.9. The second-order valence-corrected chi connectivity index (χ2v) is 21.2. The van der Waals surface area contributed by atoms with Crippen LogP contribution in [0.15, 0.2) is 119 Å². The summed E-state index contributed by atoms with van der Waals surface area (Å²) < 4.78 is 57.7. The van der Waals surface area contributed by atoms with Crippen molar-refractivity contribution in [2.45, 2.75) is 124 Å². The summed E-state index contributed by atoms with van der Waals surface area (Å²) in [4.78, 5) is 87.2. The van der Waals surface area contributed by atoms with Crippen LogP contribution in [0.3, 0.4) is 0 Å². The first kappa shape index (κ1) is 58.0. The molecule has 1 aliphatic rings. The van der Waals surface area contributed by atoms with Gasteiger partial charge in [-0.15, -0.1) is 0 Å². The Labute approximate surface area is 450 Å². The molecule has 1 aliphatic heterocycles. The molecule has 78 heavy (non-hydrogen) atoms. The zero-order valence-electron chi connectivity index (χ0n) is 44.9. The summed E-state index contributed by atoms with van der Waals surface area (Å²) in [6, 6.07) is 19.5. The van der Waals surface area contributed by atoms with E-state index in [0.29, 0.717) is 45.6 Å². The number of benzene rings is 3. The molecular formula is C60H66F4N6O8. The molecule has 3 aromatic carbocycles. The van der Waals surface area contributed by atoms with Gasteiger partial charge < -0.3 is 30.0 Å². The van der Waals surface area contributed by atoms with Crippen LogP contribution in [0.1, 0.15) is 134 Å². The number of hydrogen-bond donors (Lipinski definition) is 4. The monoisotopic (exact) mass is 1070 g/mol. The van der Waals surface area contributed by atoms with Gasteiger partial charge in [-0.05, 0) is 126 Å². The lowest BCUT2D eigenvalue weighted by Crippen LogP contribution is -2.50.